The molecule has 2 heterocycles. The van der Waals surface area contributed by atoms with Crippen molar-refractivity contribution >= 4 is 29.0 Å². The first-order valence-corrected chi connectivity index (χ1v) is 10.2. The third-order valence-electron chi connectivity index (χ3n) is 4.16. The SMILES string of the molecule is CCOc1ccc(-c2ccc3nnc(SCC(=O)Nc4ccc(F)cc4)n3n2)cc1. The van der Waals surface area contributed by atoms with E-state index in [1.807, 2.05) is 43.3 Å². The zero-order valence-corrected chi connectivity index (χ0v) is 16.9. The first kappa shape index (κ1) is 19.8. The number of carbonyl (C=O) groups excluding carboxylic acids is 1. The molecule has 0 atom stereocenters. The Morgan fingerprint density at radius 1 is 1.07 bits per heavy atom. The monoisotopic (exact) mass is 423 g/mol. The summed E-state index contributed by atoms with van der Waals surface area (Å²) in [5, 5.41) is 16.1. The number of anilines is 1. The number of nitrogens with one attached hydrogen (secondary N) is 1. The fourth-order valence-electron chi connectivity index (χ4n) is 2.76. The highest BCUT2D eigenvalue weighted by Crippen LogP contribution is 2.23. The molecule has 1 N–H and O–H groups in total. The van der Waals surface area contributed by atoms with Crippen LogP contribution in [0.25, 0.3) is 16.9 Å². The summed E-state index contributed by atoms with van der Waals surface area (Å²) in [6, 6.07) is 17.0. The zero-order valence-electron chi connectivity index (χ0n) is 16.1. The van der Waals surface area contributed by atoms with Crippen molar-refractivity contribution in [3.63, 3.8) is 0 Å². The lowest BCUT2D eigenvalue weighted by atomic mass is 10.1. The fourth-order valence-corrected chi connectivity index (χ4v) is 3.45. The average Bonchev–Trinajstić information content (AvgIpc) is 3.17. The van der Waals surface area contributed by atoms with Gasteiger partial charge in [-0.2, -0.15) is 9.61 Å². The molecule has 0 spiro atoms. The molecule has 0 unspecified atom stereocenters. The second-order valence-electron chi connectivity index (χ2n) is 6.27. The molecule has 1 amide bonds. The van der Waals surface area contributed by atoms with Gasteiger partial charge in [0.2, 0.25) is 11.1 Å². The number of hydrogen-bond donors (Lipinski definition) is 1. The van der Waals surface area contributed by atoms with Crippen molar-refractivity contribution in [1.29, 1.82) is 0 Å². The summed E-state index contributed by atoms with van der Waals surface area (Å²) in [4.78, 5) is 12.2. The van der Waals surface area contributed by atoms with Crippen LogP contribution in [0.2, 0.25) is 0 Å². The number of nitrogens with zero attached hydrogens (tertiary/aromatic N) is 4. The Balaban J connectivity index is 1.47. The number of halogens is 1. The van der Waals surface area contributed by atoms with Crippen LogP contribution in [0.5, 0.6) is 5.75 Å². The number of thioether (sulfide) groups is 1. The summed E-state index contributed by atoms with van der Waals surface area (Å²) < 4.78 is 20.1. The molecule has 0 aliphatic heterocycles. The van der Waals surface area contributed by atoms with Gasteiger partial charge in [0.05, 0.1) is 18.1 Å². The minimum atomic E-state index is -0.355. The molecule has 7 nitrogen and oxygen atoms in total. The standard InChI is InChI=1S/C21H18FN5O2S/c1-2-29-17-9-3-14(4-10-17)18-11-12-19-24-25-21(27(19)26-18)30-13-20(28)23-16-7-5-15(22)6-8-16/h3-12H,2,13H2,1H3,(H,23,28). The van der Waals surface area contributed by atoms with Gasteiger partial charge in [0.15, 0.2) is 5.65 Å². The molecular formula is C21H18FN5O2S. The third kappa shape index (κ3) is 4.57. The Bertz CT molecular complexity index is 1160. The van der Waals surface area contributed by atoms with Crippen LogP contribution in [-0.2, 0) is 4.79 Å². The van der Waals surface area contributed by atoms with Crippen LogP contribution in [-0.4, -0.2) is 38.1 Å². The summed E-state index contributed by atoms with van der Waals surface area (Å²) in [5.74, 6) is 0.334. The van der Waals surface area contributed by atoms with E-state index in [-0.39, 0.29) is 17.5 Å². The molecular weight excluding hydrogens is 405 g/mol. The van der Waals surface area contributed by atoms with E-state index in [0.717, 1.165) is 17.0 Å². The van der Waals surface area contributed by atoms with Crippen molar-refractivity contribution in [3.8, 4) is 17.0 Å². The number of ether oxygens (including phenoxy) is 1. The maximum Gasteiger partial charge on any atom is 0.234 e. The normalized spacial score (nSPS) is 10.9. The minimum Gasteiger partial charge on any atom is -0.494 e. The highest BCUT2D eigenvalue weighted by molar-refractivity contribution is 7.99. The number of fused-ring (bicyclic) bond motifs is 1. The number of amides is 1. The average molecular weight is 423 g/mol. The summed E-state index contributed by atoms with van der Waals surface area (Å²) in [6.45, 7) is 2.55. The van der Waals surface area contributed by atoms with Crippen LogP contribution in [0.1, 0.15) is 6.92 Å². The molecule has 9 heteroatoms. The summed E-state index contributed by atoms with van der Waals surface area (Å²) in [6.07, 6.45) is 0. The number of hydrogen-bond acceptors (Lipinski definition) is 6. The van der Waals surface area contributed by atoms with E-state index in [4.69, 9.17) is 4.74 Å². The number of aromatic nitrogens is 4. The molecule has 0 aliphatic rings. The summed E-state index contributed by atoms with van der Waals surface area (Å²) in [7, 11) is 0. The number of benzene rings is 2. The summed E-state index contributed by atoms with van der Waals surface area (Å²) in [5.41, 5.74) is 2.80. The first-order chi connectivity index (χ1) is 14.6. The maximum absolute atomic E-state index is 13.0. The Morgan fingerprint density at radius 3 is 2.57 bits per heavy atom. The lowest BCUT2D eigenvalue weighted by molar-refractivity contribution is -0.113. The van der Waals surface area contributed by atoms with Crippen LogP contribution < -0.4 is 10.1 Å². The van der Waals surface area contributed by atoms with Gasteiger partial charge >= 0.3 is 0 Å². The van der Waals surface area contributed by atoms with E-state index in [1.54, 1.807) is 4.52 Å². The molecule has 152 valence electrons. The first-order valence-electron chi connectivity index (χ1n) is 9.26. The van der Waals surface area contributed by atoms with Gasteiger partial charge in [-0.05, 0) is 67.6 Å². The van der Waals surface area contributed by atoms with Gasteiger partial charge in [-0.1, -0.05) is 11.8 Å². The van der Waals surface area contributed by atoms with E-state index in [0.29, 0.717) is 23.1 Å². The molecule has 4 rings (SSSR count). The third-order valence-corrected chi connectivity index (χ3v) is 5.07. The van der Waals surface area contributed by atoms with Crippen molar-refractivity contribution in [2.45, 2.75) is 12.1 Å². The van der Waals surface area contributed by atoms with Crippen molar-refractivity contribution in [2.24, 2.45) is 0 Å². The Kier molecular flexibility index (Phi) is 5.89. The van der Waals surface area contributed by atoms with E-state index in [2.05, 4.69) is 20.6 Å². The van der Waals surface area contributed by atoms with Crippen LogP contribution in [0.3, 0.4) is 0 Å². The molecule has 30 heavy (non-hydrogen) atoms. The van der Waals surface area contributed by atoms with Gasteiger partial charge in [0.1, 0.15) is 11.6 Å². The van der Waals surface area contributed by atoms with Gasteiger partial charge in [-0.25, -0.2) is 4.39 Å². The van der Waals surface area contributed by atoms with Gasteiger partial charge in [0.25, 0.3) is 0 Å². The van der Waals surface area contributed by atoms with E-state index in [1.165, 1.54) is 36.0 Å². The van der Waals surface area contributed by atoms with Crippen molar-refractivity contribution in [3.05, 3.63) is 66.5 Å². The van der Waals surface area contributed by atoms with Gasteiger partial charge in [-0.3, -0.25) is 4.79 Å². The van der Waals surface area contributed by atoms with Gasteiger partial charge in [-0.15, -0.1) is 10.2 Å². The molecule has 2 aromatic heterocycles. The quantitative estimate of drug-likeness (QED) is 0.452. The fraction of sp³-hybridized carbons (Fsp3) is 0.143. The van der Waals surface area contributed by atoms with E-state index >= 15 is 0 Å². The van der Waals surface area contributed by atoms with Crippen LogP contribution in [0.15, 0.2) is 65.8 Å². The Hall–Kier alpha value is -3.46. The zero-order chi connectivity index (χ0) is 20.9. The predicted molar refractivity (Wildman–Crippen MR) is 113 cm³/mol. The van der Waals surface area contributed by atoms with Crippen molar-refractivity contribution in [1.82, 2.24) is 19.8 Å². The van der Waals surface area contributed by atoms with Gasteiger partial charge < -0.3 is 10.1 Å². The van der Waals surface area contributed by atoms with E-state index in [9.17, 15) is 9.18 Å². The van der Waals surface area contributed by atoms with Crippen LogP contribution >= 0.6 is 11.8 Å². The smallest absolute Gasteiger partial charge is 0.234 e. The molecule has 0 saturated heterocycles. The highest BCUT2D eigenvalue weighted by atomic mass is 32.2. The van der Waals surface area contributed by atoms with Gasteiger partial charge in [0, 0.05) is 11.3 Å². The second-order valence-corrected chi connectivity index (χ2v) is 7.21. The topological polar surface area (TPSA) is 81.4 Å². The second kappa shape index (κ2) is 8.91. The largest absolute Gasteiger partial charge is 0.494 e. The summed E-state index contributed by atoms with van der Waals surface area (Å²) >= 11 is 1.22. The number of rotatable bonds is 7. The predicted octanol–water partition coefficient (Wildman–Crippen LogP) is 4.06. The lowest BCUT2D eigenvalue weighted by Crippen LogP contribution is -2.14. The lowest BCUT2D eigenvalue weighted by Gasteiger charge is -2.06. The Labute approximate surface area is 176 Å². The van der Waals surface area contributed by atoms with Crippen molar-refractivity contribution < 1.29 is 13.9 Å². The molecule has 0 aliphatic carbocycles. The van der Waals surface area contributed by atoms with Crippen LogP contribution in [0.4, 0.5) is 10.1 Å². The highest BCUT2D eigenvalue weighted by Gasteiger charge is 2.12. The van der Waals surface area contributed by atoms with E-state index < -0.39 is 0 Å². The molecule has 4 aromatic rings. The molecule has 2 aromatic carbocycles. The number of carbonyl (C=O) groups is 1. The van der Waals surface area contributed by atoms with Crippen molar-refractivity contribution in [2.75, 3.05) is 17.7 Å². The van der Waals surface area contributed by atoms with Crippen LogP contribution in [0, 0.1) is 5.82 Å². The molecule has 0 saturated carbocycles. The minimum absolute atomic E-state index is 0.118. The molecule has 0 bridgehead atoms. The molecule has 0 fully saturated rings. The molecule has 0 radical (unpaired) electrons. The Morgan fingerprint density at radius 2 is 1.83 bits per heavy atom. The maximum atomic E-state index is 13.0.